The molecule has 0 spiro atoms. The van der Waals surface area contributed by atoms with E-state index in [1.54, 1.807) is 0 Å². The van der Waals surface area contributed by atoms with Crippen LogP contribution in [0.5, 0.6) is 0 Å². The molecule has 0 amide bonds. The molecule has 1 aliphatic carbocycles. The Kier molecular flexibility index (Phi) is 12.0. The molecular weight excluding hydrogens is 489 g/mol. The first kappa shape index (κ1) is 25.4. The Hall–Kier alpha value is -0.900. The number of halogens is 1. The number of benzene rings is 1. The Morgan fingerprint density at radius 2 is 1.77 bits per heavy atom. The second-order valence-electron chi connectivity index (χ2n) is 8.20. The first-order valence-corrected chi connectivity index (χ1v) is 11.3. The zero-order chi connectivity index (χ0) is 20.3. The van der Waals surface area contributed by atoms with Crippen LogP contribution >= 0.6 is 24.0 Å². The molecule has 7 heteroatoms. The maximum Gasteiger partial charge on any atom is 0.191 e. The number of ether oxygens (including phenoxy) is 1. The van der Waals surface area contributed by atoms with Gasteiger partial charge in [-0.05, 0) is 42.9 Å². The predicted molar refractivity (Wildman–Crippen MR) is 136 cm³/mol. The molecule has 0 radical (unpaired) electrons. The number of hydrogen-bond donors (Lipinski definition) is 2. The fourth-order valence-corrected chi connectivity index (χ4v) is 3.70. The molecule has 30 heavy (non-hydrogen) atoms. The minimum Gasteiger partial charge on any atom is -0.381 e. The van der Waals surface area contributed by atoms with Gasteiger partial charge in [0.05, 0.1) is 0 Å². The standard InChI is InChI=1S/C23H39N5O.HI/c1-3-27-12-14-28(15-13-27)18-22-8-5-4-7-21(22)17-26-23(24-2)25-11-6-16-29-19-20-9-10-20;/h4-5,7-8,20H,3,6,9-19H2,1-2H3,(H2,24,25,26);1H. The molecule has 1 aromatic carbocycles. The number of guanidine groups is 1. The molecule has 1 heterocycles. The summed E-state index contributed by atoms with van der Waals surface area (Å²) in [4.78, 5) is 9.45. The molecule has 1 saturated carbocycles. The molecule has 0 unspecified atom stereocenters. The lowest BCUT2D eigenvalue weighted by atomic mass is 10.1. The Morgan fingerprint density at radius 3 is 2.43 bits per heavy atom. The minimum atomic E-state index is 0. The number of likely N-dealkylation sites (N-methyl/N-ethyl adjacent to an activating group) is 1. The number of nitrogens with one attached hydrogen (secondary N) is 2. The SMILES string of the molecule is CCN1CCN(Cc2ccccc2CNC(=NC)NCCCOCC2CC2)CC1.I. The van der Waals surface area contributed by atoms with Crippen LogP contribution in [0.3, 0.4) is 0 Å². The van der Waals surface area contributed by atoms with E-state index in [2.05, 4.69) is 56.6 Å². The third kappa shape index (κ3) is 9.08. The smallest absolute Gasteiger partial charge is 0.191 e. The third-order valence-corrected chi connectivity index (χ3v) is 5.90. The van der Waals surface area contributed by atoms with Gasteiger partial charge in [0, 0.05) is 66.1 Å². The van der Waals surface area contributed by atoms with Gasteiger partial charge in [-0.25, -0.2) is 0 Å². The summed E-state index contributed by atoms with van der Waals surface area (Å²) in [5.41, 5.74) is 2.76. The lowest BCUT2D eigenvalue weighted by molar-refractivity contribution is 0.123. The van der Waals surface area contributed by atoms with Gasteiger partial charge in [-0.1, -0.05) is 31.2 Å². The monoisotopic (exact) mass is 529 g/mol. The van der Waals surface area contributed by atoms with Gasteiger partial charge in [-0.3, -0.25) is 9.89 Å². The van der Waals surface area contributed by atoms with E-state index in [1.807, 2.05) is 7.05 Å². The first-order chi connectivity index (χ1) is 14.3. The van der Waals surface area contributed by atoms with Crippen LogP contribution in [0, 0.1) is 5.92 Å². The summed E-state index contributed by atoms with van der Waals surface area (Å²) >= 11 is 0. The summed E-state index contributed by atoms with van der Waals surface area (Å²) < 4.78 is 5.70. The Labute approximate surface area is 199 Å². The van der Waals surface area contributed by atoms with Gasteiger partial charge >= 0.3 is 0 Å². The molecule has 2 aliphatic rings. The molecule has 0 atom stereocenters. The zero-order valence-electron chi connectivity index (χ0n) is 18.7. The predicted octanol–water partition coefficient (Wildman–Crippen LogP) is 2.92. The molecule has 0 aromatic heterocycles. The van der Waals surface area contributed by atoms with Crippen molar-refractivity contribution < 1.29 is 4.74 Å². The lowest BCUT2D eigenvalue weighted by Gasteiger charge is -2.34. The van der Waals surface area contributed by atoms with E-state index in [0.29, 0.717) is 0 Å². The topological polar surface area (TPSA) is 52.1 Å². The van der Waals surface area contributed by atoms with Gasteiger partial charge in [-0.15, -0.1) is 24.0 Å². The maximum atomic E-state index is 5.70. The van der Waals surface area contributed by atoms with E-state index in [0.717, 1.165) is 70.8 Å². The molecule has 3 rings (SSSR count). The maximum absolute atomic E-state index is 5.70. The molecule has 6 nitrogen and oxygen atoms in total. The normalized spacial score (nSPS) is 18.1. The largest absolute Gasteiger partial charge is 0.381 e. The van der Waals surface area contributed by atoms with Crippen molar-refractivity contribution in [3.05, 3.63) is 35.4 Å². The van der Waals surface area contributed by atoms with Gasteiger partial charge in [0.1, 0.15) is 0 Å². The number of hydrogen-bond acceptors (Lipinski definition) is 4. The van der Waals surface area contributed by atoms with Crippen LogP contribution in [0.4, 0.5) is 0 Å². The van der Waals surface area contributed by atoms with Crippen molar-refractivity contribution >= 4 is 29.9 Å². The molecule has 170 valence electrons. The molecule has 2 N–H and O–H groups in total. The highest BCUT2D eigenvalue weighted by Crippen LogP contribution is 2.28. The second kappa shape index (κ2) is 14.2. The first-order valence-electron chi connectivity index (χ1n) is 11.3. The highest BCUT2D eigenvalue weighted by Gasteiger charge is 2.20. The van der Waals surface area contributed by atoms with Crippen molar-refractivity contribution in [3.63, 3.8) is 0 Å². The van der Waals surface area contributed by atoms with Crippen molar-refractivity contribution in [3.8, 4) is 0 Å². The molecule has 1 aromatic rings. The fraction of sp³-hybridized carbons (Fsp3) is 0.696. The summed E-state index contributed by atoms with van der Waals surface area (Å²) in [6.45, 7) is 12.5. The summed E-state index contributed by atoms with van der Waals surface area (Å²) in [6.07, 6.45) is 3.71. The van der Waals surface area contributed by atoms with E-state index in [4.69, 9.17) is 4.74 Å². The van der Waals surface area contributed by atoms with Crippen LogP contribution in [0.1, 0.15) is 37.3 Å². The second-order valence-corrected chi connectivity index (χ2v) is 8.20. The lowest BCUT2D eigenvalue weighted by Crippen LogP contribution is -2.45. The van der Waals surface area contributed by atoms with Gasteiger partial charge in [0.2, 0.25) is 0 Å². The quantitative estimate of drug-likeness (QED) is 0.200. The van der Waals surface area contributed by atoms with Gasteiger partial charge in [0.15, 0.2) is 5.96 Å². The van der Waals surface area contributed by atoms with Gasteiger partial charge in [0.25, 0.3) is 0 Å². The van der Waals surface area contributed by atoms with Gasteiger partial charge in [-0.2, -0.15) is 0 Å². The van der Waals surface area contributed by atoms with E-state index >= 15 is 0 Å². The van der Waals surface area contributed by atoms with Crippen LogP contribution in [-0.2, 0) is 17.8 Å². The number of piperazine rings is 1. The average Bonchev–Trinajstić information content (AvgIpc) is 3.58. The van der Waals surface area contributed by atoms with Crippen molar-refractivity contribution in [1.82, 2.24) is 20.4 Å². The highest BCUT2D eigenvalue weighted by atomic mass is 127. The number of nitrogens with zero attached hydrogens (tertiary/aromatic N) is 3. The van der Waals surface area contributed by atoms with Crippen LogP contribution in [0.2, 0.25) is 0 Å². The summed E-state index contributed by atoms with van der Waals surface area (Å²) in [5.74, 6) is 1.70. The Balaban J connectivity index is 0.00000320. The molecule has 1 saturated heterocycles. The summed E-state index contributed by atoms with van der Waals surface area (Å²) in [6, 6.07) is 8.76. The van der Waals surface area contributed by atoms with E-state index in [-0.39, 0.29) is 24.0 Å². The molecule has 2 fully saturated rings. The van der Waals surface area contributed by atoms with Crippen molar-refractivity contribution in [2.75, 3.05) is 59.5 Å². The van der Waals surface area contributed by atoms with Crippen LogP contribution in [0.25, 0.3) is 0 Å². The molecular formula is C23H40IN5O. The Bertz CT molecular complexity index is 630. The van der Waals surface area contributed by atoms with Crippen LogP contribution in [0.15, 0.2) is 29.3 Å². The van der Waals surface area contributed by atoms with Crippen molar-refractivity contribution in [2.45, 2.75) is 39.3 Å². The number of aliphatic imine (C=N–C) groups is 1. The van der Waals surface area contributed by atoms with Gasteiger partial charge < -0.3 is 20.3 Å². The van der Waals surface area contributed by atoms with E-state index < -0.39 is 0 Å². The molecule has 0 bridgehead atoms. The van der Waals surface area contributed by atoms with Crippen LogP contribution in [-0.4, -0.2) is 75.3 Å². The van der Waals surface area contributed by atoms with Crippen molar-refractivity contribution in [1.29, 1.82) is 0 Å². The third-order valence-electron chi connectivity index (χ3n) is 5.90. The van der Waals surface area contributed by atoms with E-state index in [1.165, 1.54) is 37.1 Å². The average molecular weight is 530 g/mol. The minimum absolute atomic E-state index is 0. The van der Waals surface area contributed by atoms with Crippen molar-refractivity contribution in [2.24, 2.45) is 10.9 Å². The zero-order valence-corrected chi connectivity index (χ0v) is 21.1. The Morgan fingerprint density at radius 1 is 1.07 bits per heavy atom. The molecule has 1 aliphatic heterocycles. The summed E-state index contributed by atoms with van der Waals surface area (Å²) in [7, 11) is 1.83. The van der Waals surface area contributed by atoms with E-state index in [9.17, 15) is 0 Å². The highest BCUT2D eigenvalue weighted by molar-refractivity contribution is 14.0. The number of rotatable bonds is 11. The fourth-order valence-electron chi connectivity index (χ4n) is 3.70. The van der Waals surface area contributed by atoms with Crippen LogP contribution < -0.4 is 10.6 Å². The summed E-state index contributed by atoms with van der Waals surface area (Å²) in [5, 5.41) is 6.87.